The fourth-order valence-corrected chi connectivity index (χ4v) is 4.06. The zero-order valence-electron chi connectivity index (χ0n) is 18.8. The number of amides is 2. The first kappa shape index (κ1) is 23.1. The number of benzene rings is 2. The monoisotopic (exact) mass is 472 g/mol. The molecule has 0 saturated carbocycles. The number of hydrogen-bond donors (Lipinski definition) is 2. The molecular weight excluding hydrogens is 448 g/mol. The first-order valence-electron chi connectivity index (χ1n) is 10.7. The highest BCUT2D eigenvalue weighted by atomic mass is 32.1. The number of carbonyl (C=O) groups is 2. The second kappa shape index (κ2) is 10.7. The van der Waals surface area contributed by atoms with Crippen molar-refractivity contribution in [2.24, 2.45) is 0 Å². The molecular formula is C26H24N4O3S. The number of nitrogens with one attached hydrogen (secondary N) is 2. The molecule has 0 aliphatic heterocycles. The van der Waals surface area contributed by atoms with E-state index in [2.05, 4.69) is 20.6 Å². The molecule has 2 heterocycles. The van der Waals surface area contributed by atoms with Gasteiger partial charge in [-0.2, -0.15) is 0 Å². The van der Waals surface area contributed by atoms with Crippen LogP contribution in [0.3, 0.4) is 0 Å². The van der Waals surface area contributed by atoms with E-state index in [0.29, 0.717) is 23.1 Å². The summed E-state index contributed by atoms with van der Waals surface area (Å²) in [4.78, 5) is 32.6. The summed E-state index contributed by atoms with van der Waals surface area (Å²) >= 11 is 1.36. The lowest BCUT2D eigenvalue weighted by molar-refractivity contribution is -0.119. The molecule has 0 radical (unpaired) electrons. The van der Waals surface area contributed by atoms with Crippen LogP contribution in [0.25, 0.3) is 11.3 Å². The molecule has 0 unspecified atom stereocenters. The molecule has 2 aromatic heterocycles. The molecule has 172 valence electrons. The van der Waals surface area contributed by atoms with Crippen molar-refractivity contribution in [1.29, 1.82) is 0 Å². The predicted octanol–water partition coefficient (Wildman–Crippen LogP) is 5.23. The summed E-state index contributed by atoms with van der Waals surface area (Å²) in [7, 11) is 0. The minimum absolute atomic E-state index is 0.0675. The van der Waals surface area contributed by atoms with E-state index in [1.54, 1.807) is 30.6 Å². The average molecular weight is 473 g/mol. The number of carbonyl (C=O) groups excluding carboxylic acids is 2. The number of hydrogen-bond acceptors (Lipinski definition) is 6. The van der Waals surface area contributed by atoms with Crippen molar-refractivity contribution in [3.63, 3.8) is 0 Å². The molecule has 0 aliphatic rings. The topological polar surface area (TPSA) is 93.2 Å². The summed E-state index contributed by atoms with van der Waals surface area (Å²) < 4.78 is 5.79. The van der Waals surface area contributed by atoms with Gasteiger partial charge in [-0.3, -0.25) is 19.9 Å². The maximum Gasteiger partial charge on any atom is 0.257 e. The standard InChI is InChI=1S/C26H24N4O3S/c1-17(28-18(2)31)20-8-10-21(11-9-20)24-16-34-26(29-24)30-25(32)22-6-3-7-23(13-22)33-15-19-5-4-12-27-14-19/h3-14,16-17H,15H2,1-2H3,(H,28,31)(H,29,30,32)/t17-/m0/s1. The molecule has 2 N–H and O–H groups in total. The van der Waals surface area contributed by atoms with Crippen LogP contribution in [-0.4, -0.2) is 21.8 Å². The van der Waals surface area contributed by atoms with Gasteiger partial charge in [-0.25, -0.2) is 4.98 Å². The van der Waals surface area contributed by atoms with E-state index < -0.39 is 0 Å². The summed E-state index contributed by atoms with van der Waals surface area (Å²) in [6.45, 7) is 3.81. The average Bonchev–Trinajstić information content (AvgIpc) is 3.32. The molecule has 4 aromatic rings. The van der Waals surface area contributed by atoms with Gasteiger partial charge in [-0.1, -0.05) is 36.4 Å². The Bertz CT molecular complexity index is 1270. The Hall–Kier alpha value is -4.04. The van der Waals surface area contributed by atoms with Crippen molar-refractivity contribution >= 4 is 28.3 Å². The van der Waals surface area contributed by atoms with Crippen LogP contribution in [0.15, 0.2) is 78.4 Å². The largest absolute Gasteiger partial charge is 0.489 e. The molecule has 8 heteroatoms. The van der Waals surface area contributed by atoms with Crippen molar-refractivity contribution < 1.29 is 14.3 Å². The van der Waals surface area contributed by atoms with E-state index in [-0.39, 0.29) is 17.9 Å². The third-order valence-electron chi connectivity index (χ3n) is 5.08. The minimum atomic E-state index is -0.257. The van der Waals surface area contributed by atoms with Gasteiger partial charge in [0.05, 0.1) is 11.7 Å². The molecule has 1 atom stereocenters. The lowest BCUT2D eigenvalue weighted by atomic mass is 10.1. The van der Waals surface area contributed by atoms with Gasteiger partial charge in [0.15, 0.2) is 5.13 Å². The minimum Gasteiger partial charge on any atom is -0.489 e. The maximum absolute atomic E-state index is 12.7. The summed E-state index contributed by atoms with van der Waals surface area (Å²) in [6.07, 6.45) is 3.45. The number of pyridine rings is 1. The normalized spacial score (nSPS) is 11.5. The molecule has 0 spiro atoms. The van der Waals surface area contributed by atoms with Crippen LogP contribution >= 0.6 is 11.3 Å². The number of nitrogens with zero attached hydrogens (tertiary/aromatic N) is 2. The Morgan fingerprint density at radius 2 is 1.91 bits per heavy atom. The summed E-state index contributed by atoms with van der Waals surface area (Å²) in [5.41, 5.74) is 4.14. The van der Waals surface area contributed by atoms with Crippen molar-refractivity contribution in [2.45, 2.75) is 26.5 Å². The van der Waals surface area contributed by atoms with Gasteiger partial charge in [0.25, 0.3) is 5.91 Å². The van der Waals surface area contributed by atoms with Gasteiger partial charge in [0.1, 0.15) is 12.4 Å². The summed E-state index contributed by atoms with van der Waals surface area (Å²) in [5.74, 6) is 0.277. The molecule has 4 rings (SSSR count). The van der Waals surface area contributed by atoms with Crippen molar-refractivity contribution in [2.75, 3.05) is 5.32 Å². The van der Waals surface area contributed by atoms with Crippen molar-refractivity contribution in [3.8, 4) is 17.0 Å². The molecule has 2 amide bonds. The van der Waals surface area contributed by atoms with Crippen LogP contribution in [0.1, 0.15) is 41.4 Å². The fourth-order valence-electron chi connectivity index (χ4n) is 3.34. The van der Waals surface area contributed by atoms with Crippen molar-refractivity contribution in [3.05, 3.63) is 95.1 Å². The lowest BCUT2D eigenvalue weighted by Gasteiger charge is -2.13. The van der Waals surface area contributed by atoms with Crippen LogP contribution in [0, 0.1) is 0 Å². The first-order chi connectivity index (χ1) is 16.5. The second-order valence-electron chi connectivity index (χ2n) is 7.71. The number of aromatic nitrogens is 2. The van der Waals surface area contributed by atoms with Gasteiger partial charge in [-0.15, -0.1) is 11.3 Å². The molecule has 0 saturated heterocycles. The number of anilines is 1. The zero-order chi connectivity index (χ0) is 23.9. The van der Waals surface area contributed by atoms with Crippen LogP contribution in [0.4, 0.5) is 5.13 Å². The van der Waals surface area contributed by atoms with Gasteiger partial charge < -0.3 is 10.1 Å². The predicted molar refractivity (Wildman–Crippen MR) is 133 cm³/mol. The van der Waals surface area contributed by atoms with Crippen LogP contribution < -0.4 is 15.4 Å². The Labute approximate surface area is 201 Å². The molecule has 34 heavy (non-hydrogen) atoms. The fraction of sp³-hybridized carbons (Fsp3) is 0.154. The smallest absolute Gasteiger partial charge is 0.257 e. The number of rotatable bonds is 8. The Morgan fingerprint density at radius 1 is 1.09 bits per heavy atom. The Morgan fingerprint density at radius 3 is 2.65 bits per heavy atom. The Kier molecular flexibility index (Phi) is 7.29. The second-order valence-corrected chi connectivity index (χ2v) is 8.57. The highest BCUT2D eigenvalue weighted by molar-refractivity contribution is 7.14. The molecule has 0 aliphatic carbocycles. The number of thiazole rings is 1. The zero-order valence-corrected chi connectivity index (χ0v) is 19.6. The third-order valence-corrected chi connectivity index (χ3v) is 5.83. The van der Waals surface area contributed by atoms with E-state index in [4.69, 9.17) is 4.74 Å². The van der Waals surface area contributed by atoms with E-state index in [9.17, 15) is 9.59 Å². The van der Waals surface area contributed by atoms with Gasteiger partial charge in [-0.05, 0) is 36.8 Å². The molecule has 7 nitrogen and oxygen atoms in total. The summed E-state index contributed by atoms with van der Waals surface area (Å²) in [5, 5.41) is 8.13. The SMILES string of the molecule is CC(=O)N[C@@H](C)c1ccc(-c2csc(NC(=O)c3cccc(OCc4cccnc4)c3)n2)cc1. The Balaban J connectivity index is 1.38. The summed E-state index contributed by atoms with van der Waals surface area (Å²) in [6, 6.07) is 18.6. The lowest BCUT2D eigenvalue weighted by Crippen LogP contribution is -2.23. The quantitative estimate of drug-likeness (QED) is 0.366. The van der Waals surface area contributed by atoms with Gasteiger partial charge in [0, 0.05) is 41.4 Å². The van der Waals surface area contributed by atoms with Gasteiger partial charge in [0.2, 0.25) is 5.91 Å². The third kappa shape index (κ3) is 6.05. The molecule has 0 fully saturated rings. The van der Waals surface area contributed by atoms with E-state index in [0.717, 1.165) is 22.4 Å². The van der Waals surface area contributed by atoms with Crippen LogP contribution in [0.2, 0.25) is 0 Å². The first-order valence-corrected chi connectivity index (χ1v) is 11.6. The maximum atomic E-state index is 12.7. The molecule has 2 aromatic carbocycles. The van der Waals surface area contributed by atoms with E-state index in [1.807, 2.05) is 54.8 Å². The highest BCUT2D eigenvalue weighted by Crippen LogP contribution is 2.27. The highest BCUT2D eigenvalue weighted by Gasteiger charge is 2.12. The van der Waals surface area contributed by atoms with E-state index in [1.165, 1.54) is 18.3 Å². The van der Waals surface area contributed by atoms with Crippen LogP contribution in [-0.2, 0) is 11.4 Å². The van der Waals surface area contributed by atoms with Gasteiger partial charge >= 0.3 is 0 Å². The van der Waals surface area contributed by atoms with E-state index >= 15 is 0 Å². The van der Waals surface area contributed by atoms with Crippen molar-refractivity contribution in [1.82, 2.24) is 15.3 Å². The number of ether oxygens (including phenoxy) is 1. The van der Waals surface area contributed by atoms with Crippen LogP contribution in [0.5, 0.6) is 5.75 Å². The molecule has 0 bridgehead atoms.